The van der Waals surface area contributed by atoms with Gasteiger partial charge in [-0.25, -0.2) is 0 Å². The smallest absolute Gasteiger partial charge is 0.251 e. The second-order valence-corrected chi connectivity index (χ2v) is 6.73. The first-order chi connectivity index (χ1) is 13.2. The van der Waals surface area contributed by atoms with Crippen LogP contribution in [0, 0.1) is 0 Å². The van der Waals surface area contributed by atoms with Crippen LogP contribution in [-0.4, -0.2) is 34.9 Å². The zero-order valence-electron chi connectivity index (χ0n) is 15.4. The van der Waals surface area contributed by atoms with Crippen molar-refractivity contribution in [3.8, 4) is 11.5 Å². The number of hydrogen-bond acceptors (Lipinski definition) is 4. The van der Waals surface area contributed by atoms with Crippen molar-refractivity contribution < 1.29 is 14.3 Å². The standard InChI is InChI=1S/C21H23N3O3/c1-2-3-10-22-21(25)15-8-9-18-16(11-15)12-24(23-18)13-17-14-26-19-6-4-5-7-20(19)27-17/h4-9,11-12,17H,2-3,10,13-14H2,1H3,(H,22,25). The van der Waals surface area contributed by atoms with Gasteiger partial charge in [0.25, 0.3) is 5.91 Å². The number of hydrogen-bond donors (Lipinski definition) is 1. The van der Waals surface area contributed by atoms with E-state index in [-0.39, 0.29) is 12.0 Å². The SMILES string of the molecule is CCCCNC(=O)c1ccc2nn(CC3COc4ccccc4O3)cc2c1. The van der Waals surface area contributed by atoms with Crippen LogP contribution in [0.1, 0.15) is 30.1 Å². The number of unbranched alkanes of at least 4 members (excludes halogenated alkanes) is 1. The quantitative estimate of drug-likeness (QED) is 0.680. The highest BCUT2D eigenvalue weighted by Crippen LogP contribution is 2.31. The Balaban J connectivity index is 1.45. The molecule has 1 aliphatic rings. The molecule has 1 aromatic heterocycles. The Morgan fingerprint density at radius 3 is 2.96 bits per heavy atom. The summed E-state index contributed by atoms with van der Waals surface area (Å²) < 4.78 is 13.6. The predicted octanol–water partition coefficient (Wildman–Crippen LogP) is 3.41. The van der Waals surface area contributed by atoms with Gasteiger partial charge in [-0.1, -0.05) is 25.5 Å². The third-order valence-corrected chi connectivity index (χ3v) is 4.59. The highest BCUT2D eigenvalue weighted by molar-refractivity contribution is 5.97. The van der Waals surface area contributed by atoms with Crippen LogP contribution in [0.2, 0.25) is 0 Å². The van der Waals surface area contributed by atoms with Gasteiger partial charge in [-0.15, -0.1) is 0 Å². The Bertz CT molecular complexity index is 951. The van der Waals surface area contributed by atoms with Crippen LogP contribution in [-0.2, 0) is 6.54 Å². The van der Waals surface area contributed by atoms with Gasteiger partial charge in [0, 0.05) is 23.7 Å². The molecule has 1 N–H and O–H groups in total. The minimum Gasteiger partial charge on any atom is -0.486 e. The lowest BCUT2D eigenvalue weighted by Crippen LogP contribution is -2.33. The molecule has 1 amide bonds. The largest absolute Gasteiger partial charge is 0.486 e. The minimum atomic E-state index is -0.106. The molecule has 0 fully saturated rings. The lowest BCUT2D eigenvalue weighted by molar-refractivity contribution is 0.0760. The van der Waals surface area contributed by atoms with Gasteiger partial charge in [-0.05, 0) is 36.8 Å². The van der Waals surface area contributed by atoms with Crippen LogP contribution in [0.3, 0.4) is 0 Å². The van der Waals surface area contributed by atoms with Gasteiger partial charge in [0.15, 0.2) is 17.6 Å². The van der Waals surface area contributed by atoms with Gasteiger partial charge in [-0.2, -0.15) is 5.10 Å². The molecule has 6 heteroatoms. The number of aromatic nitrogens is 2. The summed E-state index contributed by atoms with van der Waals surface area (Å²) in [5.74, 6) is 1.49. The summed E-state index contributed by atoms with van der Waals surface area (Å²) in [5.41, 5.74) is 1.52. The predicted molar refractivity (Wildman–Crippen MR) is 103 cm³/mol. The second-order valence-electron chi connectivity index (χ2n) is 6.73. The van der Waals surface area contributed by atoms with Crippen LogP contribution in [0.15, 0.2) is 48.7 Å². The minimum absolute atomic E-state index is 0.0429. The molecule has 0 bridgehead atoms. The number of ether oxygens (including phenoxy) is 2. The fourth-order valence-electron chi connectivity index (χ4n) is 3.15. The maximum atomic E-state index is 12.2. The molecule has 0 saturated carbocycles. The number of carbonyl (C=O) groups excluding carboxylic acids is 1. The summed E-state index contributed by atoms with van der Waals surface area (Å²) >= 11 is 0. The number of nitrogens with one attached hydrogen (secondary N) is 1. The Kier molecular flexibility index (Phi) is 4.96. The van der Waals surface area contributed by atoms with Crippen molar-refractivity contribution in [2.75, 3.05) is 13.2 Å². The number of rotatable bonds is 6. The first-order valence-corrected chi connectivity index (χ1v) is 9.37. The lowest BCUT2D eigenvalue weighted by atomic mass is 10.1. The van der Waals surface area contributed by atoms with Crippen LogP contribution in [0.4, 0.5) is 0 Å². The van der Waals surface area contributed by atoms with Gasteiger partial charge in [0.2, 0.25) is 0 Å². The Hall–Kier alpha value is -3.02. The van der Waals surface area contributed by atoms with E-state index in [2.05, 4.69) is 17.3 Å². The zero-order valence-corrected chi connectivity index (χ0v) is 15.4. The topological polar surface area (TPSA) is 65.4 Å². The maximum Gasteiger partial charge on any atom is 0.251 e. The van der Waals surface area contributed by atoms with E-state index in [4.69, 9.17) is 9.47 Å². The van der Waals surface area contributed by atoms with Gasteiger partial charge in [0.1, 0.15) is 6.61 Å². The number of para-hydroxylation sites is 2. The fourth-order valence-corrected chi connectivity index (χ4v) is 3.15. The lowest BCUT2D eigenvalue weighted by Gasteiger charge is -2.26. The van der Waals surface area contributed by atoms with E-state index in [9.17, 15) is 4.79 Å². The molecule has 0 radical (unpaired) electrons. The molecule has 1 unspecified atom stereocenters. The molecule has 1 aliphatic heterocycles. The van der Waals surface area contributed by atoms with E-state index in [1.165, 1.54) is 0 Å². The van der Waals surface area contributed by atoms with E-state index in [0.717, 1.165) is 35.2 Å². The molecular weight excluding hydrogens is 342 g/mol. The summed E-state index contributed by atoms with van der Waals surface area (Å²) in [7, 11) is 0. The highest BCUT2D eigenvalue weighted by Gasteiger charge is 2.21. The molecule has 1 atom stereocenters. The normalized spacial score (nSPS) is 15.7. The number of nitrogens with zero attached hydrogens (tertiary/aromatic N) is 2. The Morgan fingerprint density at radius 1 is 1.26 bits per heavy atom. The van der Waals surface area contributed by atoms with Crippen molar-refractivity contribution in [1.29, 1.82) is 0 Å². The molecule has 2 aromatic carbocycles. The van der Waals surface area contributed by atoms with Crippen molar-refractivity contribution in [2.24, 2.45) is 0 Å². The van der Waals surface area contributed by atoms with Crippen molar-refractivity contribution in [1.82, 2.24) is 15.1 Å². The third kappa shape index (κ3) is 3.89. The van der Waals surface area contributed by atoms with Crippen molar-refractivity contribution in [2.45, 2.75) is 32.4 Å². The van der Waals surface area contributed by atoms with Crippen LogP contribution >= 0.6 is 0 Å². The van der Waals surface area contributed by atoms with E-state index in [1.54, 1.807) is 0 Å². The molecule has 0 saturated heterocycles. The third-order valence-electron chi connectivity index (χ3n) is 4.59. The molecule has 4 rings (SSSR count). The van der Waals surface area contributed by atoms with Gasteiger partial charge in [-0.3, -0.25) is 9.48 Å². The summed E-state index contributed by atoms with van der Waals surface area (Å²) in [6.45, 7) is 3.87. The van der Waals surface area contributed by atoms with Gasteiger partial charge < -0.3 is 14.8 Å². The number of benzene rings is 2. The molecule has 6 nitrogen and oxygen atoms in total. The Labute approximate surface area is 158 Å². The molecular formula is C21H23N3O3. The Morgan fingerprint density at radius 2 is 2.11 bits per heavy atom. The van der Waals surface area contributed by atoms with Crippen LogP contribution in [0.25, 0.3) is 10.9 Å². The molecule has 2 heterocycles. The average Bonchev–Trinajstić information content (AvgIpc) is 3.09. The first-order valence-electron chi connectivity index (χ1n) is 9.37. The van der Waals surface area contributed by atoms with E-state index in [0.29, 0.717) is 25.3 Å². The first kappa shape index (κ1) is 17.4. The summed E-state index contributed by atoms with van der Waals surface area (Å²) in [6.07, 6.45) is 3.88. The fraction of sp³-hybridized carbons (Fsp3) is 0.333. The van der Waals surface area contributed by atoms with E-state index >= 15 is 0 Å². The number of fused-ring (bicyclic) bond motifs is 2. The average molecular weight is 365 g/mol. The number of amides is 1. The summed E-state index contributed by atoms with van der Waals surface area (Å²) in [5, 5.41) is 8.47. The van der Waals surface area contributed by atoms with Crippen molar-refractivity contribution in [3.63, 3.8) is 0 Å². The van der Waals surface area contributed by atoms with Crippen molar-refractivity contribution in [3.05, 3.63) is 54.2 Å². The molecule has 0 aliphatic carbocycles. The van der Waals surface area contributed by atoms with Gasteiger partial charge >= 0.3 is 0 Å². The number of carbonyl (C=O) groups is 1. The highest BCUT2D eigenvalue weighted by atomic mass is 16.6. The van der Waals surface area contributed by atoms with Crippen LogP contribution < -0.4 is 14.8 Å². The molecule has 0 spiro atoms. The molecule has 140 valence electrons. The monoisotopic (exact) mass is 365 g/mol. The zero-order chi connectivity index (χ0) is 18.6. The summed E-state index contributed by atoms with van der Waals surface area (Å²) in [6, 6.07) is 13.3. The summed E-state index contributed by atoms with van der Waals surface area (Å²) in [4.78, 5) is 12.2. The second kappa shape index (κ2) is 7.70. The van der Waals surface area contributed by atoms with E-state index < -0.39 is 0 Å². The molecule has 27 heavy (non-hydrogen) atoms. The van der Waals surface area contributed by atoms with Crippen LogP contribution in [0.5, 0.6) is 11.5 Å². The van der Waals surface area contributed by atoms with E-state index in [1.807, 2.05) is 53.3 Å². The maximum absolute atomic E-state index is 12.2. The van der Waals surface area contributed by atoms with Crippen molar-refractivity contribution >= 4 is 16.8 Å². The molecule has 3 aromatic rings. The van der Waals surface area contributed by atoms with Gasteiger partial charge in [0.05, 0.1) is 12.1 Å².